The Morgan fingerprint density at radius 1 is 1.00 bits per heavy atom. The summed E-state index contributed by atoms with van der Waals surface area (Å²) in [5, 5.41) is 3.42. The number of benzene rings is 2. The van der Waals surface area contributed by atoms with Crippen molar-refractivity contribution in [3.05, 3.63) is 65.2 Å². The zero-order valence-electron chi connectivity index (χ0n) is 20.7. The normalized spacial score (nSPS) is 12.1. The number of amides is 2. The Labute approximate surface area is 214 Å². The number of hydrogen-bond donors (Lipinski definition) is 1. The molecule has 0 fully saturated rings. The molecule has 192 valence electrons. The van der Waals surface area contributed by atoms with E-state index in [1.807, 2.05) is 30.3 Å². The minimum atomic E-state index is -3.54. The van der Waals surface area contributed by atoms with Crippen molar-refractivity contribution in [3.8, 4) is 0 Å². The number of sulfonamides is 1. The van der Waals surface area contributed by atoms with E-state index in [1.54, 1.807) is 36.1 Å². The van der Waals surface area contributed by atoms with Crippen LogP contribution in [0.25, 0.3) is 0 Å². The third-order valence-electron chi connectivity index (χ3n) is 5.75. The maximum atomic E-state index is 13.2. The van der Waals surface area contributed by atoms with Crippen LogP contribution in [-0.4, -0.2) is 57.1 Å². The molecule has 2 amide bonds. The number of nitrogens with one attached hydrogen (secondary N) is 1. The van der Waals surface area contributed by atoms with Gasteiger partial charge >= 0.3 is 0 Å². The van der Waals surface area contributed by atoms with Crippen LogP contribution in [0.3, 0.4) is 0 Å². The van der Waals surface area contributed by atoms with Gasteiger partial charge in [-0.3, -0.25) is 13.9 Å². The lowest BCUT2D eigenvalue weighted by molar-refractivity contribution is -0.139. The predicted molar refractivity (Wildman–Crippen MR) is 142 cm³/mol. The van der Waals surface area contributed by atoms with Crippen molar-refractivity contribution in [3.63, 3.8) is 0 Å². The predicted octanol–water partition coefficient (Wildman–Crippen LogP) is 4.26. The summed E-state index contributed by atoms with van der Waals surface area (Å²) in [6.07, 6.45) is 4.05. The largest absolute Gasteiger partial charge is 0.354 e. The zero-order valence-corrected chi connectivity index (χ0v) is 22.3. The van der Waals surface area contributed by atoms with Crippen molar-refractivity contribution >= 4 is 39.1 Å². The quantitative estimate of drug-likeness (QED) is 0.376. The summed E-state index contributed by atoms with van der Waals surface area (Å²) in [5.74, 6) is -0.359. The number of carbonyl (C=O) groups is 2. The van der Waals surface area contributed by atoms with E-state index in [0.717, 1.165) is 24.7 Å². The summed E-state index contributed by atoms with van der Waals surface area (Å²) in [5.41, 5.74) is 1.57. The highest BCUT2D eigenvalue weighted by Crippen LogP contribution is 2.21. The minimum Gasteiger partial charge on any atom is -0.354 e. The van der Waals surface area contributed by atoms with Crippen molar-refractivity contribution in [2.45, 2.75) is 52.0 Å². The first-order valence-electron chi connectivity index (χ1n) is 12.0. The van der Waals surface area contributed by atoms with Gasteiger partial charge in [-0.15, -0.1) is 0 Å². The molecular formula is C26H36ClN3O4S. The van der Waals surface area contributed by atoms with Gasteiger partial charge < -0.3 is 10.2 Å². The topological polar surface area (TPSA) is 86.8 Å². The lowest BCUT2D eigenvalue weighted by atomic mass is 10.1. The average Bonchev–Trinajstić information content (AvgIpc) is 2.82. The van der Waals surface area contributed by atoms with Gasteiger partial charge in [-0.05, 0) is 56.0 Å². The highest BCUT2D eigenvalue weighted by molar-refractivity contribution is 7.92. The number of hydrogen-bond acceptors (Lipinski definition) is 4. The second-order valence-electron chi connectivity index (χ2n) is 8.56. The number of rotatable bonds is 14. The molecule has 0 spiro atoms. The molecule has 2 rings (SSSR count). The van der Waals surface area contributed by atoms with E-state index < -0.39 is 16.1 Å². The van der Waals surface area contributed by atoms with E-state index in [1.165, 1.54) is 4.31 Å². The molecule has 35 heavy (non-hydrogen) atoms. The van der Waals surface area contributed by atoms with Crippen LogP contribution < -0.4 is 9.62 Å². The van der Waals surface area contributed by atoms with E-state index in [2.05, 4.69) is 12.2 Å². The van der Waals surface area contributed by atoms with Crippen molar-refractivity contribution in [2.24, 2.45) is 0 Å². The molecule has 9 heteroatoms. The fourth-order valence-corrected chi connectivity index (χ4v) is 4.81. The Hall–Kier alpha value is -2.58. The fraction of sp³-hybridized carbons (Fsp3) is 0.462. The first-order valence-corrected chi connectivity index (χ1v) is 14.2. The molecule has 1 N–H and O–H groups in total. The number of nitrogens with zero attached hydrogens (tertiary/aromatic N) is 2. The summed E-state index contributed by atoms with van der Waals surface area (Å²) in [7, 11) is -3.54. The first-order chi connectivity index (χ1) is 16.6. The highest BCUT2D eigenvalue weighted by Gasteiger charge is 2.26. The summed E-state index contributed by atoms with van der Waals surface area (Å²) in [6.45, 7) is 4.91. The molecule has 0 aliphatic carbocycles. The molecule has 0 bridgehead atoms. The maximum absolute atomic E-state index is 13.2. The van der Waals surface area contributed by atoms with Crippen molar-refractivity contribution in [1.29, 1.82) is 0 Å². The number of anilines is 1. The monoisotopic (exact) mass is 521 g/mol. The number of unbranched alkanes of at least 4 members (excludes halogenated alkanes) is 1. The molecule has 0 heterocycles. The molecule has 0 aromatic heterocycles. The molecule has 1 atom stereocenters. The number of halogens is 1. The number of carbonyl (C=O) groups excluding carboxylic acids is 2. The van der Waals surface area contributed by atoms with E-state index in [4.69, 9.17) is 11.6 Å². The SMILES string of the molecule is CCCCNC(=O)[C@@H](C)N(CCc1ccccc1)C(=O)CCCN(c1ccc(Cl)cc1)S(C)(=O)=O. The molecule has 0 aliphatic heterocycles. The maximum Gasteiger partial charge on any atom is 0.242 e. The van der Waals surface area contributed by atoms with Crippen molar-refractivity contribution in [1.82, 2.24) is 10.2 Å². The second kappa shape index (κ2) is 14.1. The second-order valence-corrected chi connectivity index (χ2v) is 10.9. The molecule has 0 saturated carbocycles. The highest BCUT2D eigenvalue weighted by atomic mass is 35.5. The lowest BCUT2D eigenvalue weighted by Gasteiger charge is -2.29. The van der Waals surface area contributed by atoms with Gasteiger partial charge in [0.15, 0.2) is 0 Å². The Bertz CT molecular complexity index is 1050. The Balaban J connectivity index is 2.07. The van der Waals surface area contributed by atoms with Crippen LogP contribution >= 0.6 is 11.6 Å². The van der Waals surface area contributed by atoms with Gasteiger partial charge in [-0.1, -0.05) is 55.3 Å². The van der Waals surface area contributed by atoms with Crippen molar-refractivity contribution in [2.75, 3.05) is 30.2 Å². The lowest BCUT2D eigenvalue weighted by Crippen LogP contribution is -2.49. The van der Waals surface area contributed by atoms with E-state index in [-0.39, 0.29) is 24.8 Å². The zero-order chi connectivity index (χ0) is 25.8. The van der Waals surface area contributed by atoms with Crippen LogP contribution in [0.15, 0.2) is 54.6 Å². The third kappa shape index (κ3) is 9.53. The molecule has 0 unspecified atom stereocenters. The summed E-state index contributed by atoms with van der Waals surface area (Å²) in [4.78, 5) is 27.5. The van der Waals surface area contributed by atoms with Gasteiger partial charge in [0.2, 0.25) is 21.8 Å². The Kier molecular flexibility index (Phi) is 11.5. The minimum absolute atomic E-state index is 0.126. The van der Waals surface area contributed by atoms with Crippen LogP contribution in [0.1, 0.15) is 45.1 Å². The first kappa shape index (κ1) is 28.7. The van der Waals surface area contributed by atoms with Gasteiger partial charge in [-0.2, -0.15) is 0 Å². The molecular weight excluding hydrogens is 486 g/mol. The van der Waals surface area contributed by atoms with Crippen molar-refractivity contribution < 1.29 is 18.0 Å². The van der Waals surface area contributed by atoms with Crippen LogP contribution in [0, 0.1) is 0 Å². The van der Waals surface area contributed by atoms with Crippen LogP contribution in [0.5, 0.6) is 0 Å². The molecule has 2 aromatic carbocycles. The van der Waals surface area contributed by atoms with Crippen LogP contribution in [-0.2, 0) is 26.0 Å². The average molecular weight is 522 g/mol. The molecule has 0 radical (unpaired) electrons. The molecule has 7 nitrogen and oxygen atoms in total. The van der Waals surface area contributed by atoms with Gasteiger partial charge in [0, 0.05) is 31.1 Å². The van der Waals surface area contributed by atoms with Gasteiger partial charge in [0.25, 0.3) is 0 Å². The molecule has 0 saturated heterocycles. The fourth-order valence-electron chi connectivity index (χ4n) is 3.72. The molecule has 2 aromatic rings. The van der Waals surface area contributed by atoms with E-state index in [0.29, 0.717) is 36.6 Å². The van der Waals surface area contributed by atoms with Crippen LogP contribution in [0.2, 0.25) is 5.02 Å². The standard InChI is InChI=1S/C26H36ClN3O4S/c1-4-5-18-28-26(32)21(2)29(20-17-22-10-7-6-8-11-22)25(31)12-9-19-30(35(3,33)34)24-15-13-23(27)14-16-24/h6-8,10-11,13-16,21H,4-5,9,12,17-20H2,1-3H3,(H,28,32)/t21-/m1/s1. The summed E-state index contributed by atoms with van der Waals surface area (Å²) in [6, 6.07) is 15.7. The van der Waals surface area contributed by atoms with Gasteiger partial charge in [0.1, 0.15) is 6.04 Å². The third-order valence-corrected chi connectivity index (χ3v) is 7.19. The smallest absolute Gasteiger partial charge is 0.242 e. The Morgan fingerprint density at radius 2 is 1.66 bits per heavy atom. The Morgan fingerprint density at radius 3 is 2.26 bits per heavy atom. The molecule has 0 aliphatic rings. The van der Waals surface area contributed by atoms with E-state index in [9.17, 15) is 18.0 Å². The van der Waals surface area contributed by atoms with Gasteiger partial charge in [-0.25, -0.2) is 8.42 Å². The summed E-state index contributed by atoms with van der Waals surface area (Å²) >= 11 is 5.93. The van der Waals surface area contributed by atoms with Gasteiger partial charge in [0.05, 0.1) is 11.9 Å². The van der Waals surface area contributed by atoms with Crippen LogP contribution in [0.4, 0.5) is 5.69 Å². The van der Waals surface area contributed by atoms with E-state index >= 15 is 0 Å². The summed E-state index contributed by atoms with van der Waals surface area (Å²) < 4.78 is 26.0.